The van der Waals surface area contributed by atoms with Gasteiger partial charge in [0.1, 0.15) is 6.10 Å². The number of carbonyl (C=O) groups excluding carboxylic acids is 3. The summed E-state index contributed by atoms with van der Waals surface area (Å²) >= 11 is 0. The highest BCUT2D eigenvalue weighted by Gasteiger charge is 2.32. The number of allylic oxidation sites excluding steroid dienone is 2. The number of hydrogen-bond acceptors (Lipinski definition) is 6. The predicted molar refractivity (Wildman–Crippen MR) is 160 cm³/mol. The third-order valence-electron chi connectivity index (χ3n) is 6.65. The molecule has 0 unspecified atom stereocenters. The van der Waals surface area contributed by atoms with Crippen LogP contribution < -0.4 is 5.32 Å². The van der Waals surface area contributed by atoms with Gasteiger partial charge in [0.05, 0.1) is 25.2 Å². The molecule has 0 bridgehead atoms. The molecule has 0 aromatic heterocycles. The van der Waals surface area contributed by atoms with E-state index in [0.717, 1.165) is 24.0 Å². The lowest BCUT2D eigenvalue weighted by molar-refractivity contribution is -0.153. The lowest BCUT2D eigenvalue weighted by atomic mass is 9.97. The molecule has 2 rings (SSSR count). The highest BCUT2D eigenvalue weighted by molar-refractivity contribution is 5.86. The van der Waals surface area contributed by atoms with Crippen LogP contribution in [0.4, 0.5) is 0 Å². The predicted octanol–water partition coefficient (Wildman–Crippen LogP) is 4.75. The lowest BCUT2D eigenvalue weighted by Gasteiger charge is -2.30. The Balaban J connectivity index is 2.20. The van der Waals surface area contributed by atoms with E-state index in [1.807, 2.05) is 66.7 Å². The fourth-order valence-electron chi connectivity index (χ4n) is 4.51. The molecule has 2 amide bonds. The second kappa shape index (κ2) is 19.3. The monoisotopic (exact) mass is 564 g/mol. The van der Waals surface area contributed by atoms with Crippen LogP contribution in [0.15, 0.2) is 86.0 Å². The van der Waals surface area contributed by atoms with Crippen LogP contribution in [0.1, 0.15) is 55.8 Å². The van der Waals surface area contributed by atoms with Gasteiger partial charge >= 0.3 is 5.97 Å². The molecule has 0 fully saturated rings. The van der Waals surface area contributed by atoms with E-state index in [2.05, 4.69) is 18.5 Å². The van der Waals surface area contributed by atoms with E-state index in [-0.39, 0.29) is 56.8 Å². The van der Waals surface area contributed by atoms with Crippen molar-refractivity contribution in [3.8, 4) is 0 Å². The van der Waals surface area contributed by atoms with Crippen molar-refractivity contribution in [2.75, 3.05) is 26.9 Å². The van der Waals surface area contributed by atoms with E-state index in [1.54, 1.807) is 11.0 Å². The number of rotatable bonds is 20. The second-order valence-electron chi connectivity index (χ2n) is 9.88. The SMILES string of the molecule is C=CCCCCC(=O)O[C@@H](c1ccccc1)[C@H](COC)NC(=O)[C@@H](CC=C)CC(=O)N(CCO)Cc1ccccc1. The van der Waals surface area contributed by atoms with Crippen molar-refractivity contribution in [1.29, 1.82) is 0 Å². The molecule has 0 radical (unpaired) electrons. The van der Waals surface area contributed by atoms with Gasteiger partial charge in [-0.2, -0.15) is 0 Å². The summed E-state index contributed by atoms with van der Waals surface area (Å²) in [5.74, 6) is -1.69. The molecule has 8 heteroatoms. The molecule has 2 aromatic rings. The zero-order valence-corrected chi connectivity index (χ0v) is 24.1. The number of aliphatic hydroxyl groups is 1. The normalized spacial score (nSPS) is 12.9. The van der Waals surface area contributed by atoms with Gasteiger partial charge in [0.2, 0.25) is 11.8 Å². The largest absolute Gasteiger partial charge is 0.455 e. The Kier molecular flexibility index (Phi) is 15.8. The highest BCUT2D eigenvalue weighted by Crippen LogP contribution is 2.24. The summed E-state index contributed by atoms with van der Waals surface area (Å²) in [7, 11) is 1.51. The van der Waals surface area contributed by atoms with E-state index in [4.69, 9.17) is 9.47 Å². The lowest BCUT2D eigenvalue weighted by Crippen LogP contribution is -2.47. The molecule has 222 valence electrons. The number of amides is 2. The van der Waals surface area contributed by atoms with Crippen molar-refractivity contribution in [1.82, 2.24) is 10.2 Å². The summed E-state index contributed by atoms with van der Waals surface area (Å²) in [6, 6.07) is 18.0. The fourth-order valence-corrected chi connectivity index (χ4v) is 4.51. The molecule has 0 heterocycles. The van der Waals surface area contributed by atoms with Crippen molar-refractivity contribution in [2.24, 2.45) is 5.92 Å². The summed E-state index contributed by atoms with van der Waals surface area (Å²) < 4.78 is 11.3. The Bertz CT molecular complexity index is 1080. The van der Waals surface area contributed by atoms with Crippen LogP contribution >= 0.6 is 0 Å². The third-order valence-corrected chi connectivity index (χ3v) is 6.65. The smallest absolute Gasteiger partial charge is 0.306 e. The van der Waals surface area contributed by atoms with Crippen molar-refractivity contribution >= 4 is 17.8 Å². The topological polar surface area (TPSA) is 105 Å². The summed E-state index contributed by atoms with van der Waals surface area (Å²) in [4.78, 5) is 41.2. The quantitative estimate of drug-likeness (QED) is 0.137. The zero-order valence-electron chi connectivity index (χ0n) is 24.1. The molecular formula is C33H44N2O6. The Morgan fingerprint density at radius 1 is 1.00 bits per heavy atom. The van der Waals surface area contributed by atoms with Crippen LogP contribution in [0, 0.1) is 5.92 Å². The maximum Gasteiger partial charge on any atom is 0.306 e. The van der Waals surface area contributed by atoms with E-state index in [1.165, 1.54) is 7.11 Å². The molecule has 0 saturated carbocycles. The minimum Gasteiger partial charge on any atom is -0.455 e. The molecular weight excluding hydrogens is 520 g/mol. The minimum atomic E-state index is -0.781. The number of aliphatic hydroxyl groups excluding tert-OH is 1. The van der Waals surface area contributed by atoms with Crippen LogP contribution in [0.25, 0.3) is 0 Å². The summed E-state index contributed by atoms with van der Waals surface area (Å²) in [5.41, 5.74) is 1.65. The van der Waals surface area contributed by atoms with Gasteiger partial charge < -0.3 is 24.8 Å². The Morgan fingerprint density at radius 2 is 1.68 bits per heavy atom. The van der Waals surface area contributed by atoms with Crippen LogP contribution in [-0.4, -0.2) is 60.7 Å². The van der Waals surface area contributed by atoms with E-state index < -0.39 is 18.1 Å². The maximum atomic E-state index is 13.6. The second-order valence-corrected chi connectivity index (χ2v) is 9.88. The van der Waals surface area contributed by atoms with E-state index in [9.17, 15) is 19.5 Å². The van der Waals surface area contributed by atoms with Gasteiger partial charge in [-0.1, -0.05) is 72.8 Å². The molecule has 0 aliphatic rings. The number of unbranched alkanes of at least 4 members (excludes halogenated alkanes) is 2. The Morgan fingerprint density at radius 3 is 2.29 bits per heavy atom. The van der Waals surface area contributed by atoms with Crippen LogP contribution in [0.2, 0.25) is 0 Å². The van der Waals surface area contributed by atoms with Gasteiger partial charge in [-0.15, -0.1) is 13.2 Å². The minimum absolute atomic E-state index is 0.0660. The Hall–Kier alpha value is -3.75. The van der Waals surface area contributed by atoms with E-state index >= 15 is 0 Å². The van der Waals surface area contributed by atoms with Gasteiger partial charge in [-0.3, -0.25) is 14.4 Å². The molecule has 0 aliphatic heterocycles. The highest BCUT2D eigenvalue weighted by atomic mass is 16.5. The number of esters is 1. The fraction of sp³-hybridized carbons (Fsp3) is 0.424. The van der Waals surface area contributed by atoms with Crippen LogP contribution in [0.5, 0.6) is 0 Å². The summed E-state index contributed by atoms with van der Waals surface area (Å²) in [6.07, 6.45) is 5.43. The molecule has 8 nitrogen and oxygen atoms in total. The average molecular weight is 565 g/mol. The molecule has 0 spiro atoms. The van der Waals surface area contributed by atoms with Crippen molar-refractivity contribution in [2.45, 2.75) is 57.2 Å². The van der Waals surface area contributed by atoms with Crippen LogP contribution in [-0.2, 0) is 30.4 Å². The number of carbonyl (C=O) groups is 3. The first-order chi connectivity index (χ1) is 19.9. The number of hydrogen-bond donors (Lipinski definition) is 2. The summed E-state index contributed by atoms with van der Waals surface area (Å²) in [6.45, 7) is 7.86. The number of benzene rings is 2. The van der Waals surface area contributed by atoms with Gasteiger partial charge in [-0.05, 0) is 36.8 Å². The molecule has 41 heavy (non-hydrogen) atoms. The number of methoxy groups -OCH3 is 1. The third kappa shape index (κ3) is 12.1. The Labute approximate surface area is 244 Å². The average Bonchev–Trinajstić information content (AvgIpc) is 2.98. The summed E-state index contributed by atoms with van der Waals surface area (Å²) in [5, 5.41) is 12.5. The molecule has 0 aliphatic carbocycles. The first-order valence-corrected chi connectivity index (χ1v) is 14.1. The molecule has 3 atom stereocenters. The number of nitrogens with zero attached hydrogens (tertiary/aromatic N) is 1. The number of nitrogens with one attached hydrogen (secondary N) is 1. The van der Waals surface area contributed by atoms with Crippen molar-refractivity contribution < 1.29 is 29.0 Å². The van der Waals surface area contributed by atoms with Crippen molar-refractivity contribution in [3.63, 3.8) is 0 Å². The maximum absolute atomic E-state index is 13.6. The standard InChI is InChI=1S/C33H44N2O6/c1-4-6-7-14-20-31(38)41-32(27-18-12-9-13-19-27)29(25-40-3)34-33(39)28(15-5-2)23-30(37)35(21-22-36)24-26-16-10-8-11-17-26/h4-5,8-13,16-19,28-29,32,36H,1-2,6-7,14-15,20-25H2,3H3,(H,34,39)/t28-,29-,32-/m0/s1. The molecule has 2 aromatic carbocycles. The molecule has 2 N–H and O–H groups in total. The zero-order chi connectivity index (χ0) is 29.9. The van der Waals surface area contributed by atoms with Gasteiger partial charge in [0, 0.05) is 33.0 Å². The first kappa shape index (κ1) is 33.5. The van der Waals surface area contributed by atoms with Gasteiger partial charge in [0.15, 0.2) is 0 Å². The van der Waals surface area contributed by atoms with E-state index in [0.29, 0.717) is 13.0 Å². The van der Waals surface area contributed by atoms with Gasteiger partial charge in [0.25, 0.3) is 0 Å². The van der Waals surface area contributed by atoms with Crippen LogP contribution in [0.3, 0.4) is 0 Å². The first-order valence-electron chi connectivity index (χ1n) is 14.1. The van der Waals surface area contributed by atoms with Gasteiger partial charge in [-0.25, -0.2) is 0 Å². The number of ether oxygens (including phenoxy) is 2. The van der Waals surface area contributed by atoms with Crippen molar-refractivity contribution in [3.05, 3.63) is 97.1 Å². The molecule has 0 saturated heterocycles.